The maximum Gasteiger partial charge on any atom is 0.243 e. The molecule has 0 spiro atoms. The van der Waals surface area contributed by atoms with Crippen LogP contribution in [0.25, 0.3) is 5.65 Å². The van der Waals surface area contributed by atoms with Crippen molar-refractivity contribution < 1.29 is 0 Å². The molecule has 4 N–H and O–H groups in total. The van der Waals surface area contributed by atoms with Crippen LogP contribution in [0.3, 0.4) is 0 Å². The lowest BCUT2D eigenvalue weighted by Crippen LogP contribution is -2.02. The van der Waals surface area contributed by atoms with Gasteiger partial charge < -0.3 is 11.1 Å². The summed E-state index contributed by atoms with van der Waals surface area (Å²) in [7, 11) is 0. The summed E-state index contributed by atoms with van der Waals surface area (Å²) < 4.78 is 1.75. The molecule has 92 valence electrons. The first-order valence-corrected chi connectivity index (χ1v) is 5.57. The average molecular weight is 243 g/mol. The second-order valence-corrected chi connectivity index (χ2v) is 4.06. The van der Waals surface area contributed by atoms with Crippen LogP contribution in [0.4, 0.5) is 11.8 Å². The second kappa shape index (κ2) is 4.02. The Morgan fingerprint density at radius 3 is 3.11 bits per heavy atom. The molecule has 0 radical (unpaired) electrons. The summed E-state index contributed by atoms with van der Waals surface area (Å²) in [6.45, 7) is 2.54. The first-order chi connectivity index (χ1) is 8.74. The van der Waals surface area contributed by atoms with Crippen LogP contribution in [0, 0.1) is 6.92 Å². The van der Waals surface area contributed by atoms with E-state index in [2.05, 4.69) is 25.6 Å². The zero-order valence-corrected chi connectivity index (χ0v) is 9.88. The summed E-state index contributed by atoms with van der Waals surface area (Å²) in [6.07, 6.45) is 3.55. The minimum absolute atomic E-state index is 0.540. The molecule has 0 saturated carbocycles. The number of aryl methyl sites for hydroxylation is 1. The number of H-pyrrole nitrogens is 1. The van der Waals surface area contributed by atoms with Gasteiger partial charge in [-0.05, 0) is 18.6 Å². The number of nitrogens with zero attached hydrogens (tertiary/aromatic N) is 4. The molecule has 0 aliphatic carbocycles. The van der Waals surface area contributed by atoms with Crippen LogP contribution in [0.5, 0.6) is 0 Å². The zero-order valence-electron chi connectivity index (χ0n) is 9.88. The number of nitrogen functional groups attached to an aromatic ring is 1. The highest BCUT2D eigenvalue weighted by molar-refractivity contribution is 5.50. The molecule has 3 aromatic rings. The van der Waals surface area contributed by atoms with Gasteiger partial charge in [0, 0.05) is 18.3 Å². The molecule has 0 atom stereocenters. The molecule has 0 fully saturated rings. The number of fused-ring (bicyclic) bond motifs is 1. The van der Waals surface area contributed by atoms with Crippen molar-refractivity contribution in [2.75, 3.05) is 11.1 Å². The first-order valence-electron chi connectivity index (χ1n) is 5.57. The number of nitrogens with two attached hydrogens (primary N) is 1. The fourth-order valence-electron chi connectivity index (χ4n) is 1.75. The van der Waals surface area contributed by atoms with E-state index in [9.17, 15) is 0 Å². The molecule has 3 aromatic heterocycles. The van der Waals surface area contributed by atoms with Gasteiger partial charge >= 0.3 is 0 Å². The molecule has 18 heavy (non-hydrogen) atoms. The Morgan fingerprint density at radius 1 is 1.50 bits per heavy atom. The van der Waals surface area contributed by atoms with Gasteiger partial charge in [-0.1, -0.05) is 6.07 Å². The Balaban J connectivity index is 1.83. The summed E-state index contributed by atoms with van der Waals surface area (Å²) in [6, 6.07) is 3.94. The Hall–Kier alpha value is -2.57. The number of nitrogens with one attached hydrogen (secondary N) is 2. The molecule has 0 unspecified atom stereocenters. The van der Waals surface area contributed by atoms with Crippen molar-refractivity contribution in [2.24, 2.45) is 0 Å². The Bertz CT molecular complexity index is 682. The molecule has 0 saturated heterocycles. The SMILES string of the molecule is Cc1cccn2nc(NCc3cn[nH]c3N)nc12. The number of hydrogen-bond donors (Lipinski definition) is 3. The summed E-state index contributed by atoms with van der Waals surface area (Å²) in [5.74, 6) is 1.13. The van der Waals surface area contributed by atoms with Crippen molar-refractivity contribution in [1.29, 1.82) is 0 Å². The topological polar surface area (TPSA) is 96.9 Å². The summed E-state index contributed by atoms with van der Waals surface area (Å²) in [4.78, 5) is 4.41. The van der Waals surface area contributed by atoms with Crippen LogP contribution in [-0.4, -0.2) is 24.8 Å². The third-order valence-corrected chi connectivity index (χ3v) is 2.75. The number of aromatic nitrogens is 5. The monoisotopic (exact) mass is 243 g/mol. The smallest absolute Gasteiger partial charge is 0.243 e. The van der Waals surface area contributed by atoms with Gasteiger partial charge in [-0.25, -0.2) is 4.52 Å². The van der Waals surface area contributed by atoms with E-state index in [0.29, 0.717) is 18.3 Å². The quantitative estimate of drug-likeness (QED) is 0.636. The van der Waals surface area contributed by atoms with Gasteiger partial charge in [-0.2, -0.15) is 10.1 Å². The number of anilines is 2. The predicted molar refractivity (Wildman–Crippen MR) is 68.1 cm³/mol. The van der Waals surface area contributed by atoms with E-state index in [1.807, 2.05) is 25.3 Å². The molecule has 0 aliphatic rings. The third kappa shape index (κ3) is 1.75. The molecular weight excluding hydrogens is 230 g/mol. The number of pyridine rings is 1. The second-order valence-electron chi connectivity index (χ2n) is 4.06. The minimum atomic E-state index is 0.540. The van der Waals surface area contributed by atoms with Crippen molar-refractivity contribution in [2.45, 2.75) is 13.5 Å². The highest BCUT2D eigenvalue weighted by atomic mass is 15.3. The van der Waals surface area contributed by atoms with E-state index in [1.165, 1.54) is 0 Å². The minimum Gasteiger partial charge on any atom is -0.384 e. The van der Waals surface area contributed by atoms with Gasteiger partial charge in [-0.3, -0.25) is 5.10 Å². The largest absolute Gasteiger partial charge is 0.384 e. The van der Waals surface area contributed by atoms with Gasteiger partial charge in [0.05, 0.1) is 6.20 Å². The van der Waals surface area contributed by atoms with Gasteiger partial charge in [-0.15, -0.1) is 5.10 Å². The number of hydrogen-bond acceptors (Lipinski definition) is 5. The van der Waals surface area contributed by atoms with Gasteiger partial charge in [0.2, 0.25) is 5.95 Å². The van der Waals surface area contributed by atoms with E-state index in [-0.39, 0.29) is 0 Å². The molecular formula is C11H13N7. The number of rotatable bonds is 3. The summed E-state index contributed by atoms with van der Waals surface area (Å²) >= 11 is 0. The Labute approximate surface area is 103 Å². The number of aromatic amines is 1. The fraction of sp³-hybridized carbons (Fsp3) is 0.182. The van der Waals surface area contributed by atoms with Gasteiger partial charge in [0.25, 0.3) is 0 Å². The van der Waals surface area contributed by atoms with Crippen LogP contribution in [0.2, 0.25) is 0 Å². The average Bonchev–Trinajstić information content (AvgIpc) is 2.93. The van der Waals surface area contributed by atoms with Crippen molar-refractivity contribution in [3.8, 4) is 0 Å². The fourth-order valence-corrected chi connectivity index (χ4v) is 1.75. The lowest BCUT2D eigenvalue weighted by Gasteiger charge is -1.98. The van der Waals surface area contributed by atoms with E-state index in [4.69, 9.17) is 5.73 Å². The molecule has 3 rings (SSSR count). The first kappa shape index (κ1) is 10.6. The molecule has 7 nitrogen and oxygen atoms in total. The Morgan fingerprint density at radius 2 is 2.39 bits per heavy atom. The normalized spacial score (nSPS) is 10.9. The van der Waals surface area contributed by atoms with Crippen molar-refractivity contribution >= 4 is 17.4 Å². The van der Waals surface area contributed by atoms with Crippen molar-refractivity contribution in [1.82, 2.24) is 24.8 Å². The van der Waals surface area contributed by atoms with Crippen LogP contribution >= 0.6 is 0 Å². The van der Waals surface area contributed by atoms with Gasteiger partial charge in [0.1, 0.15) is 5.82 Å². The lowest BCUT2D eigenvalue weighted by atomic mass is 10.3. The summed E-state index contributed by atoms with van der Waals surface area (Å²) in [5, 5.41) is 14.0. The van der Waals surface area contributed by atoms with Crippen LogP contribution < -0.4 is 11.1 Å². The molecule has 0 bridgehead atoms. The summed E-state index contributed by atoms with van der Waals surface area (Å²) in [5.41, 5.74) is 8.53. The third-order valence-electron chi connectivity index (χ3n) is 2.75. The van der Waals surface area contributed by atoms with Crippen molar-refractivity contribution in [3.63, 3.8) is 0 Å². The van der Waals surface area contributed by atoms with Crippen LogP contribution in [0.1, 0.15) is 11.1 Å². The van der Waals surface area contributed by atoms with Crippen molar-refractivity contribution in [3.05, 3.63) is 35.7 Å². The van der Waals surface area contributed by atoms with E-state index >= 15 is 0 Å². The molecule has 0 aromatic carbocycles. The predicted octanol–water partition coefficient (Wildman–Crippen LogP) is 0.955. The molecule has 0 aliphatic heterocycles. The lowest BCUT2D eigenvalue weighted by molar-refractivity contribution is 0.946. The molecule has 7 heteroatoms. The standard InChI is InChI=1S/C11H13N7/c1-7-3-2-4-18-10(7)15-11(17-18)13-5-8-6-14-16-9(8)12/h2-4,6H,5H2,1H3,(H,13,17)(H3,12,14,16). The molecule has 0 amide bonds. The maximum atomic E-state index is 5.70. The Kier molecular flexibility index (Phi) is 2.36. The van der Waals surface area contributed by atoms with Gasteiger partial charge in [0.15, 0.2) is 5.65 Å². The highest BCUT2D eigenvalue weighted by Gasteiger charge is 2.06. The van der Waals surface area contributed by atoms with Crippen LogP contribution in [0.15, 0.2) is 24.5 Å². The van der Waals surface area contributed by atoms with E-state index in [0.717, 1.165) is 16.8 Å². The zero-order chi connectivity index (χ0) is 12.5. The van der Waals surface area contributed by atoms with E-state index < -0.39 is 0 Å². The molecule has 3 heterocycles. The van der Waals surface area contributed by atoms with E-state index in [1.54, 1.807) is 10.7 Å². The maximum absolute atomic E-state index is 5.70. The van der Waals surface area contributed by atoms with Crippen LogP contribution in [-0.2, 0) is 6.54 Å². The highest BCUT2D eigenvalue weighted by Crippen LogP contribution is 2.12.